The van der Waals surface area contributed by atoms with Gasteiger partial charge >= 0.3 is 5.97 Å². The van der Waals surface area contributed by atoms with Crippen LogP contribution < -0.4 is 0 Å². The maximum Gasteiger partial charge on any atom is 0.307 e. The van der Waals surface area contributed by atoms with Crippen LogP contribution in [0.2, 0.25) is 0 Å². The number of ether oxygens (including phenoxy) is 1. The third-order valence-corrected chi connectivity index (χ3v) is 2.87. The third kappa shape index (κ3) is 0.474. The molecule has 1 saturated heterocycles. The Bertz CT molecular complexity index is 268. The zero-order valence-corrected chi connectivity index (χ0v) is 5.56. The highest BCUT2D eigenvalue weighted by Crippen LogP contribution is 2.63. The van der Waals surface area contributed by atoms with Gasteiger partial charge in [-0.2, -0.15) is 0 Å². The molecule has 58 valence electrons. The monoisotopic (exact) mass is 154 g/mol. The van der Waals surface area contributed by atoms with Crippen LogP contribution in [0.1, 0.15) is 0 Å². The fraction of sp³-hybridized carbons (Fsp3) is 0.714. The first kappa shape index (κ1) is 5.71. The summed E-state index contributed by atoms with van der Waals surface area (Å²) in [7, 11) is 0. The van der Waals surface area contributed by atoms with E-state index in [0.717, 1.165) is 0 Å². The van der Waals surface area contributed by atoms with Crippen molar-refractivity contribution < 1.29 is 19.4 Å². The van der Waals surface area contributed by atoms with Crippen LogP contribution in [0.3, 0.4) is 0 Å². The van der Waals surface area contributed by atoms with E-state index in [1.807, 2.05) is 0 Å². The molecule has 0 aromatic heterocycles. The molecular weight excluding hydrogens is 148 g/mol. The number of carboxylic acid groups (broad SMARTS) is 1. The summed E-state index contributed by atoms with van der Waals surface area (Å²) in [4.78, 5) is 21.6. The van der Waals surface area contributed by atoms with Gasteiger partial charge in [0, 0.05) is 11.8 Å². The van der Waals surface area contributed by atoms with Gasteiger partial charge < -0.3 is 9.84 Å². The van der Waals surface area contributed by atoms with E-state index in [4.69, 9.17) is 9.84 Å². The molecule has 0 aromatic carbocycles. The predicted octanol–water partition coefficient (Wildman–Crippen LogP) is -0.717. The molecule has 1 heterocycles. The van der Waals surface area contributed by atoms with Gasteiger partial charge in [0.2, 0.25) is 0 Å². The lowest BCUT2D eigenvalue weighted by Crippen LogP contribution is -2.14. The van der Waals surface area contributed by atoms with Gasteiger partial charge in [-0.05, 0) is 0 Å². The molecule has 0 aromatic rings. The minimum Gasteiger partial charge on any atom is -0.481 e. The maximum atomic E-state index is 11.1. The van der Waals surface area contributed by atoms with E-state index in [2.05, 4.69) is 0 Å². The van der Waals surface area contributed by atoms with E-state index in [1.165, 1.54) is 0 Å². The smallest absolute Gasteiger partial charge is 0.307 e. The molecule has 0 amide bonds. The number of carbonyl (C=O) groups is 2. The Morgan fingerprint density at radius 2 is 2.27 bits per heavy atom. The molecule has 1 aliphatic heterocycles. The number of ketones is 1. The lowest BCUT2D eigenvalue weighted by atomic mass is 10.1. The molecule has 11 heavy (non-hydrogen) atoms. The van der Waals surface area contributed by atoms with Crippen LogP contribution in [-0.2, 0) is 14.3 Å². The van der Waals surface area contributed by atoms with Crippen LogP contribution in [-0.4, -0.2) is 29.1 Å². The number of carboxylic acids is 1. The molecule has 0 bridgehead atoms. The molecule has 3 rings (SSSR count). The van der Waals surface area contributed by atoms with Gasteiger partial charge in [0.05, 0.1) is 12.0 Å². The van der Waals surface area contributed by atoms with Gasteiger partial charge in [-0.25, -0.2) is 0 Å². The first-order valence-electron chi connectivity index (χ1n) is 3.64. The highest BCUT2D eigenvalue weighted by atomic mass is 16.6. The molecule has 2 saturated carbocycles. The Balaban J connectivity index is 1.90. The summed E-state index contributed by atoms with van der Waals surface area (Å²) in [5.74, 6) is -1.43. The molecule has 0 radical (unpaired) electrons. The first-order chi connectivity index (χ1) is 5.22. The molecule has 5 unspecified atom stereocenters. The molecule has 3 fully saturated rings. The Kier molecular flexibility index (Phi) is 0.696. The van der Waals surface area contributed by atoms with E-state index in [-0.39, 0.29) is 29.8 Å². The predicted molar refractivity (Wildman–Crippen MR) is 31.8 cm³/mol. The van der Waals surface area contributed by atoms with Crippen LogP contribution in [0.25, 0.3) is 0 Å². The maximum absolute atomic E-state index is 11.1. The van der Waals surface area contributed by atoms with Crippen molar-refractivity contribution in [3.63, 3.8) is 0 Å². The quantitative estimate of drug-likeness (QED) is 0.506. The fourth-order valence-electron chi connectivity index (χ4n) is 2.26. The Hall–Kier alpha value is -0.900. The van der Waals surface area contributed by atoms with E-state index in [9.17, 15) is 9.59 Å². The van der Waals surface area contributed by atoms with E-state index < -0.39 is 11.9 Å². The van der Waals surface area contributed by atoms with Crippen molar-refractivity contribution in [2.24, 2.45) is 17.8 Å². The summed E-state index contributed by atoms with van der Waals surface area (Å²) < 4.78 is 4.99. The van der Waals surface area contributed by atoms with Crippen LogP contribution in [0.15, 0.2) is 0 Å². The minimum atomic E-state index is -0.845. The van der Waals surface area contributed by atoms with Crippen molar-refractivity contribution in [2.45, 2.75) is 12.2 Å². The number of rotatable bonds is 1. The molecule has 0 spiro atoms. The van der Waals surface area contributed by atoms with Gasteiger partial charge in [-0.15, -0.1) is 0 Å². The van der Waals surface area contributed by atoms with Crippen LogP contribution in [0, 0.1) is 17.8 Å². The van der Waals surface area contributed by atoms with Crippen molar-refractivity contribution in [3.05, 3.63) is 0 Å². The highest BCUT2D eigenvalue weighted by molar-refractivity contribution is 6.00. The number of fused-ring (bicyclic) bond motifs is 3. The van der Waals surface area contributed by atoms with Gasteiger partial charge in [0.1, 0.15) is 6.10 Å². The van der Waals surface area contributed by atoms with E-state index >= 15 is 0 Å². The average Bonchev–Trinajstić information content (AvgIpc) is 2.79. The lowest BCUT2D eigenvalue weighted by molar-refractivity contribution is -0.140. The Morgan fingerprint density at radius 1 is 1.55 bits per heavy atom. The molecular formula is C7H6O4. The van der Waals surface area contributed by atoms with E-state index in [0.29, 0.717) is 0 Å². The molecule has 5 atom stereocenters. The SMILES string of the molecule is O=C(O)C1C2C(=O)C3OC3C12. The standard InChI is InChI=1S/C7H6O4/c8-4-1-2(3(1)7(9)10)5-6(4)11-5/h1-3,5-6H,(H,9,10). The second kappa shape index (κ2) is 1.34. The highest BCUT2D eigenvalue weighted by Gasteiger charge is 2.77. The number of aliphatic carboxylic acids is 1. The summed E-state index contributed by atoms with van der Waals surface area (Å²) >= 11 is 0. The molecule has 4 nitrogen and oxygen atoms in total. The van der Waals surface area contributed by atoms with Crippen LogP contribution in [0.5, 0.6) is 0 Å². The summed E-state index contributed by atoms with van der Waals surface area (Å²) in [5.41, 5.74) is 0. The van der Waals surface area contributed by atoms with E-state index in [1.54, 1.807) is 0 Å². The van der Waals surface area contributed by atoms with Crippen molar-refractivity contribution in [2.75, 3.05) is 0 Å². The summed E-state index contributed by atoms with van der Waals surface area (Å²) in [6.07, 6.45) is -0.255. The molecule has 3 aliphatic rings. The van der Waals surface area contributed by atoms with Crippen molar-refractivity contribution in [3.8, 4) is 0 Å². The number of Topliss-reactive ketones (excluding diaryl/α,β-unsaturated/α-hetero) is 1. The number of epoxide rings is 1. The summed E-state index contributed by atoms with van der Waals surface area (Å²) in [5, 5.41) is 8.61. The largest absolute Gasteiger partial charge is 0.481 e. The van der Waals surface area contributed by atoms with Crippen molar-refractivity contribution in [1.82, 2.24) is 0 Å². The van der Waals surface area contributed by atoms with Gasteiger partial charge in [-0.3, -0.25) is 9.59 Å². The normalized spacial score (nSPS) is 56.7. The molecule has 4 heteroatoms. The molecule has 1 N–H and O–H groups in total. The van der Waals surface area contributed by atoms with Gasteiger partial charge in [0.15, 0.2) is 5.78 Å². The summed E-state index contributed by atoms with van der Waals surface area (Å²) in [6, 6.07) is 0. The number of hydrogen-bond acceptors (Lipinski definition) is 3. The van der Waals surface area contributed by atoms with Crippen LogP contribution >= 0.6 is 0 Å². The Labute approximate surface area is 62.1 Å². The fourth-order valence-corrected chi connectivity index (χ4v) is 2.26. The van der Waals surface area contributed by atoms with Crippen molar-refractivity contribution in [1.29, 1.82) is 0 Å². The molecule has 2 aliphatic carbocycles. The Morgan fingerprint density at radius 3 is 2.73 bits per heavy atom. The number of carbonyl (C=O) groups excluding carboxylic acids is 1. The summed E-state index contributed by atoms with van der Waals surface area (Å²) in [6.45, 7) is 0. The first-order valence-corrected chi connectivity index (χ1v) is 3.64. The van der Waals surface area contributed by atoms with Crippen LogP contribution in [0.4, 0.5) is 0 Å². The second-order valence-corrected chi connectivity index (χ2v) is 3.39. The minimum absolute atomic E-state index is 0.0185. The average molecular weight is 154 g/mol. The zero-order chi connectivity index (χ0) is 7.75. The topological polar surface area (TPSA) is 66.9 Å². The van der Waals surface area contributed by atoms with Crippen molar-refractivity contribution >= 4 is 11.8 Å². The second-order valence-electron chi connectivity index (χ2n) is 3.39. The lowest BCUT2D eigenvalue weighted by Gasteiger charge is -1.90. The zero-order valence-electron chi connectivity index (χ0n) is 5.56. The number of hydrogen-bond donors (Lipinski definition) is 1. The third-order valence-electron chi connectivity index (χ3n) is 2.87. The van der Waals surface area contributed by atoms with Gasteiger partial charge in [-0.1, -0.05) is 0 Å². The van der Waals surface area contributed by atoms with Gasteiger partial charge in [0.25, 0.3) is 0 Å².